The zero-order valence-corrected chi connectivity index (χ0v) is 13.4. The van der Waals surface area contributed by atoms with Gasteiger partial charge in [-0.25, -0.2) is 8.78 Å². The number of carbonyl (C=O) groups is 1. The molecule has 0 aliphatic heterocycles. The van der Waals surface area contributed by atoms with Gasteiger partial charge in [-0.3, -0.25) is 4.79 Å². The number of aryl methyl sites for hydroxylation is 2. The van der Waals surface area contributed by atoms with Crippen molar-refractivity contribution in [1.82, 2.24) is 0 Å². The maximum Gasteiger partial charge on any atom is 0.143 e. The summed E-state index contributed by atoms with van der Waals surface area (Å²) >= 11 is 3.00. The van der Waals surface area contributed by atoms with E-state index in [4.69, 9.17) is 0 Å². The van der Waals surface area contributed by atoms with Crippen molar-refractivity contribution in [2.24, 2.45) is 0 Å². The first kappa shape index (κ1) is 15.8. The van der Waals surface area contributed by atoms with Crippen molar-refractivity contribution in [2.75, 3.05) is 0 Å². The van der Waals surface area contributed by atoms with Gasteiger partial charge in [0, 0.05) is 18.4 Å². The summed E-state index contributed by atoms with van der Waals surface area (Å²) in [6.45, 7) is 3.96. The number of ketones is 1. The van der Waals surface area contributed by atoms with E-state index in [1.807, 2.05) is 32.0 Å². The fraction of sp³-hybridized carbons (Fsp3) is 0.235. The summed E-state index contributed by atoms with van der Waals surface area (Å²) in [6.07, 6.45) is -0.0729. The van der Waals surface area contributed by atoms with Crippen LogP contribution in [0.1, 0.15) is 22.3 Å². The molecule has 2 aromatic rings. The number of benzene rings is 2. The van der Waals surface area contributed by atoms with Crippen molar-refractivity contribution in [3.05, 3.63) is 68.7 Å². The van der Waals surface area contributed by atoms with Crippen LogP contribution in [0.3, 0.4) is 0 Å². The lowest BCUT2D eigenvalue weighted by atomic mass is 9.99. The molecule has 1 nitrogen and oxygen atoms in total. The third-order valence-electron chi connectivity index (χ3n) is 3.49. The zero-order chi connectivity index (χ0) is 15.6. The zero-order valence-electron chi connectivity index (χ0n) is 11.8. The molecule has 0 N–H and O–H groups in total. The van der Waals surface area contributed by atoms with Crippen molar-refractivity contribution < 1.29 is 13.6 Å². The highest BCUT2D eigenvalue weighted by atomic mass is 79.9. The third-order valence-corrected chi connectivity index (χ3v) is 4.10. The fourth-order valence-electron chi connectivity index (χ4n) is 2.13. The van der Waals surface area contributed by atoms with E-state index in [9.17, 15) is 13.6 Å². The SMILES string of the molecule is Cc1ccc(CC(=O)Cc2c(F)ccc(Br)c2F)cc1C. The van der Waals surface area contributed by atoms with Crippen molar-refractivity contribution in [3.8, 4) is 0 Å². The Balaban J connectivity index is 2.15. The molecule has 21 heavy (non-hydrogen) atoms. The molecule has 0 atom stereocenters. The van der Waals surface area contributed by atoms with Crippen molar-refractivity contribution in [1.29, 1.82) is 0 Å². The van der Waals surface area contributed by atoms with E-state index in [0.29, 0.717) is 0 Å². The molecular weight excluding hydrogens is 338 g/mol. The summed E-state index contributed by atoms with van der Waals surface area (Å²) in [5.41, 5.74) is 2.92. The van der Waals surface area contributed by atoms with E-state index >= 15 is 0 Å². The Morgan fingerprint density at radius 2 is 1.76 bits per heavy atom. The fourth-order valence-corrected chi connectivity index (χ4v) is 2.50. The van der Waals surface area contributed by atoms with E-state index in [1.54, 1.807) is 0 Å². The van der Waals surface area contributed by atoms with Crippen LogP contribution >= 0.6 is 15.9 Å². The van der Waals surface area contributed by atoms with Gasteiger partial charge in [-0.05, 0) is 58.6 Å². The molecule has 2 rings (SSSR count). The maximum absolute atomic E-state index is 13.8. The number of Topliss-reactive ketones (excluding diaryl/α,β-unsaturated/α-hetero) is 1. The Kier molecular flexibility index (Phi) is 4.88. The Morgan fingerprint density at radius 3 is 2.43 bits per heavy atom. The van der Waals surface area contributed by atoms with Gasteiger partial charge in [0.25, 0.3) is 0 Å². The Morgan fingerprint density at radius 1 is 1.05 bits per heavy atom. The molecule has 0 saturated carbocycles. The van der Waals surface area contributed by atoms with Gasteiger partial charge in [-0.15, -0.1) is 0 Å². The van der Waals surface area contributed by atoms with Crippen LogP contribution in [-0.4, -0.2) is 5.78 Å². The molecule has 2 aromatic carbocycles. The van der Waals surface area contributed by atoms with Crippen molar-refractivity contribution in [2.45, 2.75) is 26.7 Å². The normalized spacial score (nSPS) is 10.7. The summed E-state index contributed by atoms with van der Waals surface area (Å²) in [6, 6.07) is 8.20. The summed E-state index contributed by atoms with van der Waals surface area (Å²) in [4.78, 5) is 12.0. The summed E-state index contributed by atoms with van der Waals surface area (Å²) in [7, 11) is 0. The number of halogens is 3. The molecule has 0 fully saturated rings. The topological polar surface area (TPSA) is 17.1 Å². The second-order valence-electron chi connectivity index (χ2n) is 5.13. The van der Waals surface area contributed by atoms with Crippen LogP contribution in [0.5, 0.6) is 0 Å². The molecular formula is C17H15BrF2O. The third kappa shape index (κ3) is 3.76. The first-order chi connectivity index (χ1) is 9.88. The molecule has 0 radical (unpaired) electrons. The highest BCUT2D eigenvalue weighted by Crippen LogP contribution is 2.22. The van der Waals surface area contributed by atoms with Gasteiger partial charge < -0.3 is 0 Å². The number of hydrogen-bond acceptors (Lipinski definition) is 1. The Labute approximate surface area is 131 Å². The lowest BCUT2D eigenvalue weighted by molar-refractivity contribution is -0.117. The highest BCUT2D eigenvalue weighted by Gasteiger charge is 2.16. The second kappa shape index (κ2) is 6.48. The standard InChI is InChI=1S/C17H15BrF2O/c1-10-3-4-12(7-11(10)2)8-13(21)9-14-16(19)6-5-15(18)17(14)20/h3-7H,8-9H2,1-2H3. The molecule has 0 spiro atoms. The predicted octanol–water partition coefficient (Wildman–Crippen LogP) is 4.70. The van der Waals surface area contributed by atoms with Crippen LogP contribution in [0.25, 0.3) is 0 Å². The first-order valence-corrected chi connectivity index (χ1v) is 7.38. The average Bonchev–Trinajstić information content (AvgIpc) is 2.43. The van der Waals surface area contributed by atoms with Crippen molar-refractivity contribution >= 4 is 21.7 Å². The number of rotatable bonds is 4. The summed E-state index contributed by atoms with van der Waals surface area (Å²) in [5, 5.41) is 0. The average molecular weight is 353 g/mol. The van der Waals surface area contributed by atoms with E-state index < -0.39 is 11.6 Å². The van der Waals surface area contributed by atoms with E-state index in [-0.39, 0.29) is 28.7 Å². The van der Waals surface area contributed by atoms with Crippen LogP contribution in [0.15, 0.2) is 34.8 Å². The molecule has 0 saturated heterocycles. The van der Waals surface area contributed by atoms with Crippen molar-refractivity contribution in [3.63, 3.8) is 0 Å². The Bertz CT molecular complexity index is 695. The monoisotopic (exact) mass is 352 g/mol. The van der Waals surface area contributed by atoms with Crippen LogP contribution in [0.2, 0.25) is 0 Å². The van der Waals surface area contributed by atoms with Crippen LogP contribution in [-0.2, 0) is 17.6 Å². The molecule has 0 unspecified atom stereocenters. The first-order valence-electron chi connectivity index (χ1n) is 6.58. The van der Waals surface area contributed by atoms with Crippen LogP contribution in [0.4, 0.5) is 8.78 Å². The smallest absolute Gasteiger partial charge is 0.143 e. The van der Waals surface area contributed by atoms with Gasteiger partial charge in [0.05, 0.1) is 4.47 Å². The van der Waals surface area contributed by atoms with Crippen LogP contribution < -0.4 is 0 Å². The lowest BCUT2D eigenvalue weighted by Gasteiger charge is -2.07. The quantitative estimate of drug-likeness (QED) is 0.729. The molecule has 4 heteroatoms. The Hall–Kier alpha value is -1.55. The summed E-state index contributed by atoms with van der Waals surface area (Å²) < 4.78 is 27.6. The van der Waals surface area contributed by atoms with E-state index in [1.165, 1.54) is 6.07 Å². The minimum Gasteiger partial charge on any atom is -0.299 e. The van der Waals surface area contributed by atoms with Gasteiger partial charge in [-0.1, -0.05) is 18.2 Å². The molecule has 0 aliphatic rings. The van der Waals surface area contributed by atoms with Gasteiger partial charge in [0.1, 0.15) is 17.4 Å². The van der Waals surface area contributed by atoms with Gasteiger partial charge in [0.2, 0.25) is 0 Å². The second-order valence-corrected chi connectivity index (χ2v) is 5.99. The molecule has 110 valence electrons. The highest BCUT2D eigenvalue weighted by molar-refractivity contribution is 9.10. The molecule has 0 amide bonds. The molecule has 0 heterocycles. The van der Waals surface area contributed by atoms with Gasteiger partial charge in [0.15, 0.2) is 0 Å². The largest absolute Gasteiger partial charge is 0.299 e. The van der Waals surface area contributed by atoms with Gasteiger partial charge >= 0.3 is 0 Å². The van der Waals surface area contributed by atoms with Crippen LogP contribution in [0, 0.1) is 25.5 Å². The summed E-state index contributed by atoms with van der Waals surface area (Å²) in [5.74, 6) is -1.61. The maximum atomic E-state index is 13.8. The number of carbonyl (C=O) groups excluding carboxylic acids is 1. The minimum absolute atomic E-state index is 0.165. The lowest BCUT2D eigenvalue weighted by Crippen LogP contribution is -2.10. The molecule has 0 bridgehead atoms. The molecule has 0 aliphatic carbocycles. The van der Waals surface area contributed by atoms with E-state index in [2.05, 4.69) is 15.9 Å². The predicted molar refractivity (Wildman–Crippen MR) is 82.4 cm³/mol. The minimum atomic E-state index is -0.705. The van der Waals surface area contributed by atoms with E-state index in [0.717, 1.165) is 22.8 Å². The van der Waals surface area contributed by atoms with Gasteiger partial charge in [-0.2, -0.15) is 0 Å². The molecule has 0 aromatic heterocycles. The number of hydrogen-bond donors (Lipinski definition) is 0.